The van der Waals surface area contributed by atoms with E-state index in [0.717, 1.165) is 57.1 Å². The van der Waals surface area contributed by atoms with E-state index < -0.39 is 0 Å². The molecule has 1 aliphatic rings. The standard InChI is InChI=1S/C17H23ClN2O/c1-19-9-11-20(12-10-19)13-14-21-17-7-4-6-16(15-17)5-2-3-8-18/h4,6-7,15H,3,8-14H2,1H3. The minimum atomic E-state index is 0.578. The first kappa shape index (κ1) is 16.2. The molecule has 0 N–H and O–H groups in total. The number of likely N-dealkylation sites (N-methyl/N-ethyl adjacent to an activating group) is 1. The number of hydrogen-bond donors (Lipinski definition) is 0. The van der Waals surface area contributed by atoms with Gasteiger partial charge in [0.05, 0.1) is 0 Å². The van der Waals surface area contributed by atoms with Gasteiger partial charge in [0.1, 0.15) is 12.4 Å². The van der Waals surface area contributed by atoms with Crippen LogP contribution in [0.2, 0.25) is 0 Å². The van der Waals surface area contributed by atoms with Gasteiger partial charge in [-0.15, -0.1) is 11.6 Å². The van der Waals surface area contributed by atoms with Crippen LogP contribution in [0.3, 0.4) is 0 Å². The van der Waals surface area contributed by atoms with Crippen molar-refractivity contribution in [2.75, 3.05) is 52.3 Å². The molecule has 21 heavy (non-hydrogen) atoms. The Balaban J connectivity index is 1.75. The maximum atomic E-state index is 5.83. The topological polar surface area (TPSA) is 15.7 Å². The molecule has 0 aliphatic carbocycles. The lowest BCUT2D eigenvalue weighted by Gasteiger charge is -2.32. The number of alkyl halides is 1. The Kier molecular flexibility index (Phi) is 6.88. The van der Waals surface area contributed by atoms with Gasteiger partial charge in [0, 0.05) is 50.6 Å². The van der Waals surface area contributed by atoms with E-state index in [1.54, 1.807) is 0 Å². The molecule has 1 aromatic rings. The number of nitrogens with zero attached hydrogens (tertiary/aromatic N) is 2. The fraction of sp³-hybridized carbons (Fsp3) is 0.529. The molecule has 0 radical (unpaired) electrons. The van der Waals surface area contributed by atoms with Crippen LogP contribution in [0, 0.1) is 11.8 Å². The molecule has 0 aromatic heterocycles. The van der Waals surface area contributed by atoms with Crippen molar-refractivity contribution < 1.29 is 4.74 Å². The average Bonchev–Trinajstić information content (AvgIpc) is 2.50. The maximum absolute atomic E-state index is 5.83. The molecule has 114 valence electrons. The van der Waals surface area contributed by atoms with Crippen LogP contribution >= 0.6 is 11.6 Å². The average molecular weight is 307 g/mol. The predicted octanol–water partition coefficient (Wildman–Crippen LogP) is 2.29. The molecule has 1 heterocycles. The van der Waals surface area contributed by atoms with E-state index in [9.17, 15) is 0 Å². The number of ether oxygens (including phenoxy) is 1. The second-order valence-corrected chi connectivity index (χ2v) is 5.64. The summed E-state index contributed by atoms with van der Waals surface area (Å²) in [7, 11) is 2.17. The van der Waals surface area contributed by atoms with Crippen LogP contribution in [-0.2, 0) is 0 Å². The number of rotatable bonds is 5. The van der Waals surface area contributed by atoms with E-state index in [1.165, 1.54) is 0 Å². The Labute approximate surface area is 132 Å². The van der Waals surface area contributed by atoms with Crippen LogP contribution in [0.5, 0.6) is 5.75 Å². The Morgan fingerprint density at radius 1 is 1.24 bits per heavy atom. The molecule has 2 rings (SSSR count). The van der Waals surface area contributed by atoms with Gasteiger partial charge in [-0.2, -0.15) is 0 Å². The summed E-state index contributed by atoms with van der Waals surface area (Å²) in [6.07, 6.45) is 0.718. The van der Waals surface area contributed by atoms with Crippen molar-refractivity contribution in [2.24, 2.45) is 0 Å². The number of halogens is 1. The second kappa shape index (κ2) is 8.94. The van der Waals surface area contributed by atoms with E-state index in [4.69, 9.17) is 16.3 Å². The molecule has 0 saturated carbocycles. The van der Waals surface area contributed by atoms with Crippen LogP contribution in [0.4, 0.5) is 0 Å². The van der Waals surface area contributed by atoms with Gasteiger partial charge in [0.2, 0.25) is 0 Å². The highest BCUT2D eigenvalue weighted by molar-refractivity contribution is 6.18. The molecular weight excluding hydrogens is 284 g/mol. The first-order valence-electron chi connectivity index (χ1n) is 7.46. The lowest BCUT2D eigenvalue weighted by molar-refractivity contribution is 0.134. The number of benzene rings is 1. The highest BCUT2D eigenvalue weighted by atomic mass is 35.5. The normalized spacial score (nSPS) is 16.3. The van der Waals surface area contributed by atoms with Gasteiger partial charge in [-0.1, -0.05) is 17.9 Å². The molecule has 4 heteroatoms. The quantitative estimate of drug-likeness (QED) is 0.613. The van der Waals surface area contributed by atoms with Crippen LogP contribution in [0.15, 0.2) is 24.3 Å². The zero-order chi connectivity index (χ0) is 14.9. The summed E-state index contributed by atoms with van der Waals surface area (Å²) in [5.74, 6) is 7.61. The Bertz CT molecular complexity index is 487. The first-order chi connectivity index (χ1) is 10.3. The third-order valence-electron chi connectivity index (χ3n) is 3.56. The van der Waals surface area contributed by atoms with Gasteiger partial charge in [0.25, 0.3) is 0 Å². The Hall–Kier alpha value is -1.21. The molecule has 1 saturated heterocycles. The molecule has 3 nitrogen and oxygen atoms in total. The third kappa shape index (κ3) is 5.97. The summed E-state index contributed by atoms with van der Waals surface area (Å²) in [4.78, 5) is 4.81. The van der Waals surface area contributed by atoms with Crippen LogP contribution < -0.4 is 4.74 Å². The second-order valence-electron chi connectivity index (χ2n) is 5.26. The molecular formula is C17H23ClN2O. The lowest BCUT2D eigenvalue weighted by atomic mass is 10.2. The number of piperazine rings is 1. The van der Waals surface area contributed by atoms with E-state index in [-0.39, 0.29) is 0 Å². The van der Waals surface area contributed by atoms with E-state index in [1.807, 2.05) is 24.3 Å². The van der Waals surface area contributed by atoms with Crippen LogP contribution in [0.25, 0.3) is 0 Å². The Morgan fingerprint density at radius 3 is 2.81 bits per heavy atom. The fourth-order valence-electron chi connectivity index (χ4n) is 2.24. The maximum Gasteiger partial charge on any atom is 0.120 e. The van der Waals surface area contributed by atoms with Gasteiger partial charge < -0.3 is 9.64 Å². The highest BCUT2D eigenvalue weighted by Gasteiger charge is 2.13. The molecule has 0 bridgehead atoms. The zero-order valence-electron chi connectivity index (χ0n) is 12.6. The minimum absolute atomic E-state index is 0.578. The summed E-state index contributed by atoms with van der Waals surface area (Å²) in [5, 5.41) is 0. The first-order valence-corrected chi connectivity index (χ1v) is 8.00. The van der Waals surface area contributed by atoms with E-state index in [0.29, 0.717) is 5.88 Å². The van der Waals surface area contributed by atoms with Crippen molar-refractivity contribution in [2.45, 2.75) is 6.42 Å². The van der Waals surface area contributed by atoms with Gasteiger partial charge in [-0.3, -0.25) is 4.90 Å². The SMILES string of the molecule is CN1CCN(CCOc2cccc(C#CCCCl)c2)CC1. The third-order valence-corrected chi connectivity index (χ3v) is 3.75. The molecule has 1 fully saturated rings. The van der Waals surface area contributed by atoms with Gasteiger partial charge in [-0.25, -0.2) is 0 Å². The van der Waals surface area contributed by atoms with Crippen LogP contribution in [0.1, 0.15) is 12.0 Å². The molecule has 0 spiro atoms. The Morgan fingerprint density at radius 2 is 2.05 bits per heavy atom. The van der Waals surface area contributed by atoms with Crippen molar-refractivity contribution in [3.63, 3.8) is 0 Å². The molecule has 0 atom stereocenters. The summed E-state index contributed by atoms with van der Waals surface area (Å²) in [6.45, 7) is 6.25. The van der Waals surface area contributed by atoms with Crippen molar-refractivity contribution >= 4 is 11.6 Å². The van der Waals surface area contributed by atoms with Crippen LogP contribution in [-0.4, -0.2) is 62.1 Å². The zero-order valence-corrected chi connectivity index (χ0v) is 13.4. The molecule has 0 unspecified atom stereocenters. The summed E-state index contributed by atoms with van der Waals surface area (Å²) in [5.41, 5.74) is 0.984. The summed E-state index contributed by atoms with van der Waals surface area (Å²) < 4.78 is 5.83. The van der Waals surface area contributed by atoms with E-state index in [2.05, 4.69) is 28.7 Å². The molecule has 1 aliphatic heterocycles. The predicted molar refractivity (Wildman–Crippen MR) is 88.1 cm³/mol. The van der Waals surface area contributed by atoms with Crippen molar-refractivity contribution in [3.05, 3.63) is 29.8 Å². The van der Waals surface area contributed by atoms with Gasteiger partial charge in [-0.05, 0) is 25.2 Å². The lowest BCUT2D eigenvalue weighted by Crippen LogP contribution is -2.45. The minimum Gasteiger partial charge on any atom is -0.492 e. The summed E-state index contributed by atoms with van der Waals surface area (Å²) in [6, 6.07) is 7.95. The van der Waals surface area contributed by atoms with Crippen molar-refractivity contribution in [1.82, 2.24) is 9.80 Å². The summed E-state index contributed by atoms with van der Waals surface area (Å²) >= 11 is 5.62. The molecule has 0 amide bonds. The van der Waals surface area contributed by atoms with Crippen molar-refractivity contribution in [3.8, 4) is 17.6 Å². The number of hydrogen-bond acceptors (Lipinski definition) is 3. The fourth-order valence-corrected chi connectivity index (χ4v) is 2.33. The van der Waals surface area contributed by atoms with Gasteiger partial charge in [0.15, 0.2) is 0 Å². The van der Waals surface area contributed by atoms with E-state index >= 15 is 0 Å². The van der Waals surface area contributed by atoms with Gasteiger partial charge >= 0.3 is 0 Å². The molecule has 1 aromatic carbocycles. The highest BCUT2D eigenvalue weighted by Crippen LogP contribution is 2.12. The largest absolute Gasteiger partial charge is 0.492 e. The monoisotopic (exact) mass is 306 g/mol. The van der Waals surface area contributed by atoms with Crippen molar-refractivity contribution in [1.29, 1.82) is 0 Å². The smallest absolute Gasteiger partial charge is 0.120 e.